The highest BCUT2D eigenvalue weighted by molar-refractivity contribution is 6.35. The summed E-state index contributed by atoms with van der Waals surface area (Å²) in [6, 6.07) is 5.89. The zero-order valence-corrected chi connectivity index (χ0v) is 17.0. The average Bonchev–Trinajstić information content (AvgIpc) is 2.53. The Hall–Kier alpha value is -1.62. The van der Waals surface area contributed by atoms with Crippen LogP contribution in [0.2, 0.25) is 10.0 Å². The highest BCUT2D eigenvalue weighted by Crippen LogP contribution is 2.29. The van der Waals surface area contributed by atoms with Crippen molar-refractivity contribution in [2.45, 2.75) is 46.7 Å². The molecule has 0 aliphatic carbocycles. The van der Waals surface area contributed by atoms with Crippen molar-refractivity contribution in [3.05, 3.63) is 62.4 Å². The largest absolute Gasteiger partial charge is 0.324 e. The molecular formula is C20H23Cl2FN2O. The number of hydrogen-bond donors (Lipinski definition) is 2. The Labute approximate surface area is 163 Å². The van der Waals surface area contributed by atoms with E-state index >= 15 is 0 Å². The number of benzene rings is 2. The molecule has 0 heterocycles. The average molecular weight is 397 g/mol. The number of hydrogen-bond acceptors (Lipinski definition) is 2. The lowest BCUT2D eigenvalue weighted by Crippen LogP contribution is -2.39. The maximum atomic E-state index is 13.7. The van der Waals surface area contributed by atoms with Gasteiger partial charge < -0.3 is 5.32 Å². The number of amides is 1. The predicted octanol–water partition coefficient (Wildman–Crippen LogP) is 5.74. The molecule has 0 aliphatic rings. The molecule has 0 saturated carbocycles. The Kier molecular flexibility index (Phi) is 6.67. The Morgan fingerprint density at radius 1 is 1.00 bits per heavy atom. The molecule has 2 rings (SSSR count). The summed E-state index contributed by atoms with van der Waals surface area (Å²) >= 11 is 11.9. The second-order valence-electron chi connectivity index (χ2n) is 6.66. The van der Waals surface area contributed by atoms with E-state index in [2.05, 4.69) is 10.6 Å². The molecule has 140 valence electrons. The fourth-order valence-corrected chi connectivity index (χ4v) is 3.57. The van der Waals surface area contributed by atoms with Crippen molar-refractivity contribution in [3.8, 4) is 0 Å². The third-order valence-electron chi connectivity index (χ3n) is 4.32. The third kappa shape index (κ3) is 4.76. The van der Waals surface area contributed by atoms with Crippen LogP contribution >= 0.6 is 23.2 Å². The monoisotopic (exact) mass is 396 g/mol. The van der Waals surface area contributed by atoms with Crippen molar-refractivity contribution >= 4 is 34.8 Å². The molecule has 2 aromatic rings. The number of aryl methyl sites for hydroxylation is 3. The van der Waals surface area contributed by atoms with Crippen molar-refractivity contribution in [3.63, 3.8) is 0 Å². The number of rotatable bonds is 5. The lowest BCUT2D eigenvalue weighted by atomic mass is 10.0. The fourth-order valence-electron chi connectivity index (χ4n) is 3.02. The van der Waals surface area contributed by atoms with E-state index in [9.17, 15) is 9.18 Å². The summed E-state index contributed by atoms with van der Waals surface area (Å²) in [4.78, 5) is 12.6. The Morgan fingerprint density at radius 3 is 2.15 bits per heavy atom. The van der Waals surface area contributed by atoms with Gasteiger partial charge in [-0.25, -0.2) is 4.39 Å². The first-order valence-electron chi connectivity index (χ1n) is 8.39. The lowest BCUT2D eigenvalue weighted by Gasteiger charge is -2.22. The van der Waals surface area contributed by atoms with Crippen LogP contribution in [0.15, 0.2) is 24.3 Å². The molecule has 0 spiro atoms. The van der Waals surface area contributed by atoms with Gasteiger partial charge in [0.2, 0.25) is 5.91 Å². The summed E-state index contributed by atoms with van der Waals surface area (Å²) < 4.78 is 13.7. The van der Waals surface area contributed by atoms with Crippen molar-refractivity contribution in [2.24, 2.45) is 0 Å². The van der Waals surface area contributed by atoms with Gasteiger partial charge in [0.15, 0.2) is 0 Å². The van der Waals surface area contributed by atoms with Crippen molar-refractivity contribution in [2.75, 3.05) is 5.32 Å². The van der Waals surface area contributed by atoms with E-state index in [4.69, 9.17) is 23.2 Å². The number of nitrogens with one attached hydrogen (secondary N) is 2. The second-order valence-corrected chi connectivity index (χ2v) is 7.48. The zero-order valence-electron chi connectivity index (χ0n) is 15.5. The summed E-state index contributed by atoms with van der Waals surface area (Å²) in [5, 5.41) is 6.45. The van der Waals surface area contributed by atoms with Gasteiger partial charge in [-0.3, -0.25) is 10.1 Å². The van der Waals surface area contributed by atoms with Crippen molar-refractivity contribution in [1.29, 1.82) is 0 Å². The molecule has 0 aliphatic heterocycles. The summed E-state index contributed by atoms with van der Waals surface area (Å²) in [5.41, 5.74) is 4.54. The van der Waals surface area contributed by atoms with Gasteiger partial charge in [-0.2, -0.15) is 0 Å². The molecule has 2 aromatic carbocycles. The van der Waals surface area contributed by atoms with E-state index in [1.807, 2.05) is 39.8 Å². The molecule has 2 atom stereocenters. The first kappa shape index (κ1) is 20.7. The van der Waals surface area contributed by atoms with Crippen LogP contribution in [0.4, 0.5) is 10.1 Å². The van der Waals surface area contributed by atoms with Gasteiger partial charge in [0.05, 0.1) is 11.1 Å². The molecule has 0 radical (unpaired) electrons. The normalized spacial score (nSPS) is 13.4. The van der Waals surface area contributed by atoms with E-state index in [1.54, 1.807) is 6.92 Å². The number of halogens is 3. The number of carbonyl (C=O) groups excluding carboxylic acids is 1. The van der Waals surface area contributed by atoms with Crippen molar-refractivity contribution < 1.29 is 9.18 Å². The van der Waals surface area contributed by atoms with E-state index < -0.39 is 11.9 Å². The van der Waals surface area contributed by atoms with Crippen LogP contribution in [0, 0.1) is 26.6 Å². The SMILES string of the molecule is Cc1cc(C)c(NC(=O)[C@@H](C)N[C@H](C)c2cc(F)c(Cl)cc2Cl)c(C)c1. The molecule has 1 amide bonds. The van der Waals surface area contributed by atoms with Gasteiger partial charge in [-0.1, -0.05) is 40.9 Å². The minimum atomic E-state index is -0.539. The Morgan fingerprint density at radius 2 is 1.58 bits per heavy atom. The number of anilines is 1. The second kappa shape index (κ2) is 8.38. The van der Waals surface area contributed by atoms with Crippen LogP contribution in [-0.4, -0.2) is 11.9 Å². The first-order chi connectivity index (χ1) is 12.1. The fraction of sp³-hybridized carbons (Fsp3) is 0.350. The smallest absolute Gasteiger partial charge is 0.241 e. The van der Waals surface area contributed by atoms with Gasteiger partial charge in [-0.15, -0.1) is 0 Å². The quantitative estimate of drug-likeness (QED) is 0.632. The van der Waals surface area contributed by atoms with Crippen LogP contribution in [0.1, 0.15) is 42.1 Å². The maximum absolute atomic E-state index is 13.7. The van der Waals surface area contributed by atoms with Crippen LogP contribution in [0.3, 0.4) is 0 Å². The summed E-state index contributed by atoms with van der Waals surface area (Å²) in [5.74, 6) is -0.708. The van der Waals surface area contributed by atoms with Gasteiger partial charge in [0, 0.05) is 16.8 Å². The molecule has 2 N–H and O–H groups in total. The topological polar surface area (TPSA) is 41.1 Å². The van der Waals surface area contributed by atoms with Crippen LogP contribution in [-0.2, 0) is 4.79 Å². The number of carbonyl (C=O) groups is 1. The predicted molar refractivity (Wildman–Crippen MR) is 107 cm³/mol. The van der Waals surface area contributed by atoms with Crippen LogP contribution < -0.4 is 10.6 Å². The van der Waals surface area contributed by atoms with E-state index in [-0.39, 0.29) is 17.0 Å². The summed E-state index contributed by atoms with van der Waals surface area (Å²) in [6.07, 6.45) is 0. The summed E-state index contributed by atoms with van der Waals surface area (Å²) in [7, 11) is 0. The van der Waals surface area contributed by atoms with E-state index in [1.165, 1.54) is 12.1 Å². The Bertz CT molecular complexity index is 816. The lowest BCUT2D eigenvalue weighted by molar-refractivity contribution is -0.117. The molecule has 26 heavy (non-hydrogen) atoms. The van der Waals surface area contributed by atoms with Crippen LogP contribution in [0.5, 0.6) is 0 Å². The molecule has 0 bridgehead atoms. The third-order valence-corrected chi connectivity index (χ3v) is 4.94. The first-order valence-corrected chi connectivity index (χ1v) is 9.15. The molecular weight excluding hydrogens is 374 g/mol. The molecule has 3 nitrogen and oxygen atoms in total. The molecule has 0 unspecified atom stereocenters. The summed E-state index contributed by atoms with van der Waals surface area (Å²) in [6.45, 7) is 9.53. The molecule has 0 fully saturated rings. The van der Waals surface area contributed by atoms with Crippen LogP contribution in [0.25, 0.3) is 0 Å². The highest BCUT2D eigenvalue weighted by atomic mass is 35.5. The highest BCUT2D eigenvalue weighted by Gasteiger charge is 2.20. The Balaban J connectivity index is 2.11. The van der Waals surface area contributed by atoms with Gasteiger partial charge in [0.1, 0.15) is 5.82 Å². The van der Waals surface area contributed by atoms with Gasteiger partial charge >= 0.3 is 0 Å². The van der Waals surface area contributed by atoms with Gasteiger partial charge in [-0.05, 0) is 63.4 Å². The van der Waals surface area contributed by atoms with E-state index in [0.717, 1.165) is 22.4 Å². The molecule has 6 heteroatoms. The minimum absolute atomic E-state index is 0.0259. The molecule has 0 aromatic heterocycles. The molecule has 0 saturated heterocycles. The maximum Gasteiger partial charge on any atom is 0.241 e. The van der Waals surface area contributed by atoms with E-state index in [0.29, 0.717) is 10.6 Å². The van der Waals surface area contributed by atoms with Gasteiger partial charge in [0.25, 0.3) is 0 Å². The minimum Gasteiger partial charge on any atom is -0.324 e. The van der Waals surface area contributed by atoms with Crippen molar-refractivity contribution in [1.82, 2.24) is 5.32 Å². The zero-order chi connectivity index (χ0) is 19.6. The standard InChI is InChI=1S/C20H23Cl2FN2O/c1-10-6-11(2)19(12(3)7-10)25-20(26)14(5)24-13(4)15-8-18(23)17(22)9-16(15)21/h6-9,13-14,24H,1-5H3,(H,25,26)/t13-,14-/m1/s1.